The highest BCUT2D eigenvalue weighted by molar-refractivity contribution is 7.58. The van der Waals surface area contributed by atoms with Gasteiger partial charge in [-0.3, -0.25) is 0 Å². The van der Waals surface area contributed by atoms with Gasteiger partial charge in [-0.05, 0) is 70.5 Å². The largest absolute Gasteiger partial charge is 0.514 e. The fourth-order valence-corrected chi connectivity index (χ4v) is 1.90. The first-order valence-electron chi connectivity index (χ1n) is 5.43. The monoisotopic (exact) mass is 255 g/mol. The number of hydrogen-bond acceptors (Lipinski definition) is 3. The van der Waals surface area contributed by atoms with Crippen LogP contribution in [-0.4, -0.2) is 11.8 Å². The van der Waals surface area contributed by atoms with Crippen LogP contribution in [0.5, 0.6) is 5.75 Å². The molecule has 0 spiro atoms. The van der Waals surface area contributed by atoms with E-state index in [0.29, 0.717) is 5.75 Å². The second-order valence-corrected chi connectivity index (χ2v) is 5.58. The number of hydrogen-bond donors (Lipinski definition) is 0. The van der Waals surface area contributed by atoms with Crippen molar-refractivity contribution in [2.45, 2.75) is 45.1 Å². The van der Waals surface area contributed by atoms with Crippen molar-refractivity contribution in [3.63, 3.8) is 0 Å². The van der Waals surface area contributed by atoms with Crippen LogP contribution in [0.15, 0.2) is 17.0 Å². The van der Waals surface area contributed by atoms with Crippen molar-refractivity contribution in [2.75, 3.05) is 0 Å². The standard InChI is InChI=1S/C13H18O3S/c1-8-6-10(17)7-9(2)11(8)15-12(14)16-13(3,4)5/h6-7,17H,1-5H3/p+1. The average molecular weight is 255 g/mol. The normalized spacial score (nSPS) is 11.2. The van der Waals surface area contributed by atoms with E-state index in [2.05, 4.69) is 12.6 Å². The topological polar surface area (TPSA) is 35.5 Å². The van der Waals surface area contributed by atoms with Gasteiger partial charge in [-0.2, -0.15) is 0 Å². The maximum atomic E-state index is 11.6. The molecule has 0 aliphatic carbocycles. The van der Waals surface area contributed by atoms with Crippen LogP contribution in [-0.2, 0) is 17.4 Å². The summed E-state index contributed by atoms with van der Waals surface area (Å²) in [5.74, 6) is 0.557. The second kappa shape index (κ2) is 5.00. The third-order valence-corrected chi connectivity index (χ3v) is 2.32. The summed E-state index contributed by atoms with van der Waals surface area (Å²) in [5, 5.41) is 0. The van der Waals surface area contributed by atoms with Crippen LogP contribution in [0.4, 0.5) is 4.79 Å². The Morgan fingerprint density at radius 3 is 2.06 bits per heavy atom. The van der Waals surface area contributed by atoms with Gasteiger partial charge in [0, 0.05) is 0 Å². The van der Waals surface area contributed by atoms with Gasteiger partial charge < -0.3 is 9.47 Å². The Morgan fingerprint density at radius 1 is 1.18 bits per heavy atom. The molecule has 0 saturated carbocycles. The molecule has 1 rings (SSSR count). The van der Waals surface area contributed by atoms with Crippen LogP contribution in [0.25, 0.3) is 0 Å². The Balaban J connectivity index is 2.86. The van der Waals surface area contributed by atoms with Gasteiger partial charge in [-0.15, -0.1) is 0 Å². The summed E-state index contributed by atoms with van der Waals surface area (Å²) in [7, 11) is 0. The van der Waals surface area contributed by atoms with Crippen LogP contribution in [0.1, 0.15) is 31.9 Å². The number of benzene rings is 1. The van der Waals surface area contributed by atoms with E-state index in [1.165, 1.54) is 0 Å². The van der Waals surface area contributed by atoms with E-state index < -0.39 is 11.8 Å². The molecular weight excluding hydrogens is 236 g/mol. The molecule has 0 N–H and O–H groups in total. The number of carbonyl (C=O) groups is 1. The lowest BCUT2D eigenvalue weighted by atomic mass is 10.1. The molecule has 0 radical (unpaired) electrons. The van der Waals surface area contributed by atoms with Crippen LogP contribution < -0.4 is 4.74 Å². The molecule has 3 nitrogen and oxygen atoms in total. The fourth-order valence-electron chi connectivity index (χ4n) is 1.47. The van der Waals surface area contributed by atoms with Crippen molar-refractivity contribution in [3.8, 4) is 5.75 Å². The van der Waals surface area contributed by atoms with Gasteiger partial charge in [-0.1, -0.05) is 0 Å². The third-order valence-electron chi connectivity index (χ3n) is 2.04. The highest BCUT2D eigenvalue weighted by Gasteiger charge is 2.19. The van der Waals surface area contributed by atoms with Crippen molar-refractivity contribution in [2.24, 2.45) is 0 Å². The summed E-state index contributed by atoms with van der Waals surface area (Å²) >= 11 is 3.44. The zero-order valence-electron chi connectivity index (χ0n) is 10.9. The van der Waals surface area contributed by atoms with E-state index in [1.54, 1.807) is 20.8 Å². The summed E-state index contributed by atoms with van der Waals surface area (Å²) < 4.78 is 10.3. The van der Waals surface area contributed by atoms with Gasteiger partial charge in [0.05, 0.1) is 0 Å². The number of carbonyl (C=O) groups excluding carboxylic acids is 1. The smallest absolute Gasteiger partial charge is 0.428 e. The number of aryl methyl sites for hydroxylation is 2. The quantitative estimate of drug-likeness (QED) is 0.439. The Morgan fingerprint density at radius 2 is 1.65 bits per heavy atom. The molecule has 0 heterocycles. The van der Waals surface area contributed by atoms with Gasteiger partial charge in [-0.25, -0.2) is 4.79 Å². The van der Waals surface area contributed by atoms with E-state index in [4.69, 9.17) is 9.47 Å². The Labute approximate surface area is 108 Å². The molecule has 4 heteroatoms. The van der Waals surface area contributed by atoms with Crippen molar-refractivity contribution >= 4 is 18.8 Å². The lowest BCUT2D eigenvalue weighted by Crippen LogP contribution is -2.26. The zero-order valence-corrected chi connectivity index (χ0v) is 11.9. The molecule has 94 valence electrons. The summed E-state index contributed by atoms with van der Waals surface area (Å²) in [4.78, 5) is 12.5. The zero-order chi connectivity index (χ0) is 13.2. The fraction of sp³-hybridized carbons (Fsp3) is 0.462. The first-order chi connectivity index (χ1) is 7.69. The molecule has 0 atom stereocenters. The van der Waals surface area contributed by atoms with Gasteiger partial charge in [0.15, 0.2) is 4.90 Å². The molecule has 0 aliphatic rings. The molecule has 0 aliphatic heterocycles. The molecule has 0 fully saturated rings. The van der Waals surface area contributed by atoms with Crippen molar-refractivity contribution in [3.05, 3.63) is 23.3 Å². The summed E-state index contributed by atoms with van der Waals surface area (Å²) in [6, 6.07) is 3.78. The molecule has 0 saturated heterocycles. The minimum Gasteiger partial charge on any atom is -0.428 e. The minimum absolute atomic E-state index is 0.548. The molecule has 0 unspecified atom stereocenters. The van der Waals surface area contributed by atoms with E-state index >= 15 is 0 Å². The second-order valence-electron chi connectivity index (χ2n) is 5.01. The Hall–Kier alpha value is -1.16. The van der Waals surface area contributed by atoms with E-state index in [-0.39, 0.29) is 0 Å². The van der Waals surface area contributed by atoms with Crippen LogP contribution >= 0.6 is 0 Å². The molecule has 17 heavy (non-hydrogen) atoms. The third kappa shape index (κ3) is 4.30. The maximum absolute atomic E-state index is 11.6. The molecule has 0 amide bonds. The van der Waals surface area contributed by atoms with Crippen molar-refractivity contribution in [1.82, 2.24) is 0 Å². The molecule has 0 aromatic heterocycles. The average Bonchev–Trinajstić information content (AvgIpc) is 2.08. The first kappa shape index (κ1) is 13.9. The summed E-state index contributed by atoms with van der Waals surface area (Å²) in [6.45, 7) is 9.17. The van der Waals surface area contributed by atoms with Crippen LogP contribution in [0, 0.1) is 13.8 Å². The molecule has 1 aromatic rings. The van der Waals surface area contributed by atoms with Crippen molar-refractivity contribution in [1.29, 1.82) is 0 Å². The predicted molar refractivity (Wildman–Crippen MR) is 71.2 cm³/mol. The molecule has 1 aromatic carbocycles. The van der Waals surface area contributed by atoms with E-state index in [1.807, 2.05) is 26.0 Å². The first-order valence-corrected chi connectivity index (χ1v) is 5.93. The molecule has 0 bridgehead atoms. The summed E-state index contributed by atoms with van der Waals surface area (Å²) in [6.07, 6.45) is -0.676. The van der Waals surface area contributed by atoms with Gasteiger partial charge in [0.1, 0.15) is 11.4 Å². The Bertz CT molecular complexity index is 410. The highest BCUT2D eigenvalue weighted by atomic mass is 32.1. The highest BCUT2D eigenvalue weighted by Crippen LogP contribution is 2.25. The minimum atomic E-state index is -0.676. The van der Waals surface area contributed by atoms with Gasteiger partial charge in [0.25, 0.3) is 0 Å². The van der Waals surface area contributed by atoms with Gasteiger partial charge >= 0.3 is 6.16 Å². The maximum Gasteiger partial charge on any atom is 0.514 e. The van der Waals surface area contributed by atoms with Crippen LogP contribution in [0.3, 0.4) is 0 Å². The van der Waals surface area contributed by atoms with Gasteiger partial charge in [0.2, 0.25) is 0 Å². The lowest BCUT2D eigenvalue weighted by molar-refractivity contribution is 0.0203. The lowest BCUT2D eigenvalue weighted by Gasteiger charge is -2.19. The number of rotatable bonds is 1. The SMILES string of the molecule is Cc1cc([SH2+])cc(C)c1OC(=O)OC(C)(C)C. The Kier molecular flexibility index (Phi) is 4.09. The van der Waals surface area contributed by atoms with E-state index in [9.17, 15) is 4.79 Å². The van der Waals surface area contributed by atoms with Crippen LogP contribution in [0.2, 0.25) is 0 Å². The predicted octanol–water partition coefficient (Wildman–Crippen LogP) is 2.99. The molecular formula is C13H19O3S+. The van der Waals surface area contributed by atoms with Crippen molar-refractivity contribution < 1.29 is 14.3 Å². The number of ether oxygens (including phenoxy) is 2. The summed E-state index contributed by atoms with van der Waals surface area (Å²) in [5.41, 5.74) is 1.23. The van der Waals surface area contributed by atoms with E-state index in [0.717, 1.165) is 16.0 Å².